The number of aliphatic carboxylic acids is 1. The van der Waals surface area contributed by atoms with E-state index in [-0.39, 0.29) is 38.2 Å². The van der Waals surface area contributed by atoms with Crippen molar-refractivity contribution in [3.05, 3.63) is 24.3 Å². The third-order valence-corrected chi connectivity index (χ3v) is 21.7. The first-order valence-corrected chi connectivity index (χ1v) is 46.5. The van der Waals surface area contributed by atoms with Gasteiger partial charge in [0, 0.05) is 12.8 Å². The standard InChI is InChI=1S/C94H181NO8/c1-6-8-10-12-14-16-18-20-22-24-26-28-30-32-34-36-38-40-42-44-45-46-47-49-50-52-54-56-58-60-62-64-66-68-70-72-74-76-78-80-82-84-91(96)101-88-90(89-102-94(93(98)99)100-87-86-95(3,4)5)103-92(97)85-83-81-79-77-75-73-71-69-67-65-63-61-59-57-55-53-51-48-43-41-39-37-35-33-31-29-27-25-23-21-19-17-15-13-11-9-7-2/h19,21,25,27,90,94H,6-18,20,22-24,26,28-89H2,1-5H3/p+1/b21-19-,27-25-. The number of carbonyl (C=O) groups excluding carboxylic acids is 2. The summed E-state index contributed by atoms with van der Waals surface area (Å²) in [5, 5.41) is 9.80. The van der Waals surface area contributed by atoms with Crippen LogP contribution in [0.1, 0.15) is 502 Å². The van der Waals surface area contributed by atoms with Crippen molar-refractivity contribution < 1.29 is 42.9 Å². The minimum atomic E-state index is -1.51. The van der Waals surface area contributed by atoms with Gasteiger partial charge in [-0.25, -0.2) is 4.79 Å². The average molecular weight is 1450 g/mol. The molecule has 1 N–H and O–H groups in total. The maximum atomic E-state index is 13.0. The number of carboxylic acids is 1. The van der Waals surface area contributed by atoms with Crippen molar-refractivity contribution in [2.45, 2.75) is 514 Å². The predicted octanol–water partition coefficient (Wildman–Crippen LogP) is 30.4. The van der Waals surface area contributed by atoms with Crippen LogP contribution in [0.15, 0.2) is 24.3 Å². The van der Waals surface area contributed by atoms with Crippen LogP contribution in [0.25, 0.3) is 0 Å². The Morgan fingerprint density at radius 3 is 0.767 bits per heavy atom. The van der Waals surface area contributed by atoms with E-state index < -0.39 is 18.4 Å². The number of ether oxygens (including phenoxy) is 4. The number of allylic oxidation sites excluding steroid dienone is 4. The maximum absolute atomic E-state index is 13.0. The van der Waals surface area contributed by atoms with Gasteiger partial charge in [0.1, 0.15) is 13.2 Å². The zero-order valence-electron chi connectivity index (χ0n) is 70.3. The van der Waals surface area contributed by atoms with Crippen LogP contribution < -0.4 is 0 Å². The Morgan fingerprint density at radius 2 is 0.524 bits per heavy atom. The van der Waals surface area contributed by atoms with Gasteiger partial charge in [0.05, 0.1) is 34.4 Å². The lowest BCUT2D eigenvalue weighted by Gasteiger charge is -2.25. The van der Waals surface area contributed by atoms with E-state index in [1.54, 1.807) is 0 Å². The normalized spacial score (nSPS) is 12.6. The van der Waals surface area contributed by atoms with Crippen LogP contribution in [-0.2, 0) is 33.3 Å². The first-order valence-electron chi connectivity index (χ1n) is 46.5. The summed E-state index contributed by atoms with van der Waals surface area (Å²) in [7, 11) is 6.01. The van der Waals surface area contributed by atoms with Gasteiger partial charge in [-0.15, -0.1) is 0 Å². The fraction of sp³-hybridized carbons (Fsp3) is 0.926. The lowest BCUT2D eigenvalue weighted by Crippen LogP contribution is -2.40. The Labute approximate surface area is 643 Å². The van der Waals surface area contributed by atoms with Gasteiger partial charge in [-0.1, -0.05) is 468 Å². The Kier molecular flexibility index (Phi) is 83.5. The highest BCUT2D eigenvalue weighted by atomic mass is 16.7. The summed E-state index contributed by atoms with van der Waals surface area (Å²) in [6.45, 7) is 4.97. The molecule has 0 aliphatic rings. The molecule has 0 rings (SSSR count). The monoisotopic (exact) mass is 1450 g/mol. The fourth-order valence-corrected chi connectivity index (χ4v) is 14.6. The van der Waals surface area contributed by atoms with Gasteiger partial charge in [-0.2, -0.15) is 0 Å². The molecular weight excluding hydrogens is 1270 g/mol. The summed E-state index contributed by atoms with van der Waals surface area (Å²) in [6, 6.07) is 0. The summed E-state index contributed by atoms with van der Waals surface area (Å²) in [5.74, 6) is -1.96. The molecule has 2 unspecified atom stereocenters. The van der Waals surface area contributed by atoms with Crippen LogP contribution in [0.5, 0.6) is 0 Å². The topological polar surface area (TPSA) is 108 Å². The number of carbonyl (C=O) groups is 3. The van der Waals surface area contributed by atoms with E-state index in [2.05, 4.69) is 38.2 Å². The molecule has 0 aliphatic carbocycles. The van der Waals surface area contributed by atoms with Gasteiger partial charge in [-0.3, -0.25) is 9.59 Å². The zero-order chi connectivity index (χ0) is 74.6. The highest BCUT2D eigenvalue weighted by Gasteiger charge is 2.25. The van der Waals surface area contributed by atoms with Gasteiger partial charge in [-0.05, 0) is 44.9 Å². The van der Waals surface area contributed by atoms with Crippen LogP contribution in [0, 0.1) is 0 Å². The summed E-state index contributed by atoms with van der Waals surface area (Å²) in [5.41, 5.74) is 0. The molecule has 0 aromatic carbocycles. The predicted molar refractivity (Wildman–Crippen MR) is 448 cm³/mol. The molecule has 9 nitrogen and oxygen atoms in total. The molecule has 9 heteroatoms. The number of rotatable bonds is 89. The lowest BCUT2D eigenvalue weighted by atomic mass is 10.0. The Morgan fingerprint density at radius 1 is 0.291 bits per heavy atom. The second-order valence-corrected chi connectivity index (χ2v) is 33.3. The average Bonchev–Trinajstić information content (AvgIpc) is 1.16. The SMILES string of the molecule is CCCCCCC/C=C\C/C=C\CCCCCCCCCCCCCCCCCCCCCCCCCCCC(=O)OC(COC(=O)CCCCCCCCCCCCCCCCCCCCCCCCCCCCCCCCCCCCCCCCCCC)COC(OCC[N+](C)(C)C)C(=O)O. The van der Waals surface area contributed by atoms with Crippen molar-refractivity contribution in [1.82, 2.24) is 0 Å². The highest BCUT2D eigenvalue weighted by Crippen LogP contribution is 2.22. The summed E-state index contributed by atoms with van der Waals surface area (Å²) in [4.78, 5) is 37.8. The molecule has 0 spiro atoms. The van der Waals surface area contributed by atoms with Crippen molar-refractivity contribution in [3.8, 4) is 0 Å². The largest absolute Gasteiger partial charge is 0.477 e. The van der Waals surface area contributed by atoms with Crippen molar-refractivity contribution in [2.24, 2.45) is 0 Å². The molecule has 0 aliphatic heterocycles. The van der Waals surface area contributed by atoms with E-state index in [0.717, 1.165) is 44.9 Å². The quantitative estimate of drug-likeness (QED) is 0.0211. The number of hydrogen-bond acceptors (Lipinski definition) is 7. The van der Waals surface area contributed by atoms with E-state index in [1.165, 1.54) is 430 Å². The molecule has 0 bridgehead atoms. The first-order chi connectivity index (χ1) is 50.6. The van der Waals surface area contributed by atoms with Gasteiger partial charge < -0.3 is 28.5 Å². The van der Waals surface area contributed by atoms with E-state index in [9.17, 15) is 19.5 Å². The maximum Gasteiger partial charge on any atom is 0.361 e. The lowest BCUT2D eigenvalue weighted by molar-refractivity contribution is -0.870. The Bertz CT molecular complexity index is 1740. The molecular formula is C94H182NO8+. The molecule has 0 amide bonds. The molecule has 2 atom stereocenters. The van der Waals surface area contributed by atoms with Crippen LogP contribution in [0.3, 0.4) is 0 Å². The first kappa shape index (κ1) is 101. The summed E-state index contributed by atoms with van der Waals surface area (Å²) in [6.07, 6.45) is 108. The van der Waals surface area contributed by atoms with E-state index in [0.29, 0.717) is 17.4 Å². The smallest absolute Gasteiger partial charge is 0.361 e. The number of carboxylic acid groups (broad SMARTS) is 1. The van der Waals surface area contributed by atoms with E-state index in [4.69, 9.17) is 18.9 Å². The van der Waals surface area contributed by atoms with Crippen LogP contribution in [0.2, 0.25) is 0 Å². The van der Waals surface area contributed by atoms with Crippen LogP contribution in [-0.4, -0.2) is 87.4 Å². The zero-order valence-corrected chi connectivity index (χ0v) is 70.3. The summed E-state index contributed by atoms with van der Waals surface area (Å²) >= 11 is 0. The molecule has 0 radical (unpaired) electrons. The second-order valence-electron chi connectivity index (χ2n) is 33.3. The highest BCUT2D eigenvalue weighted by molar-refractivity contribution is 5.71. The molecule has 610 valence electrons. The molecule has 0 fully saturated rings. The van der Waals surface area contributed by atoms with Gasteiger partial charge in [0.25, 0.3) is 6.29 Å². The number of hydrogen-bond donors (Lipinski definition) is 1. The van der Waals surface area contributed by atoms with Gasteiger partial charge >= 0.3 is 17.9 Å². The Balaban J connectivity index is 3.86. The molecule has 103 heavy (non-hydrogen) atoms. The molecule has 0 saturated carbocycles. The van der Waals surface area contributed by atoms with Crippen molar-refractivity contribution >= 4 is 17.9 Å². The third-order valence-electron chi connectivity index (χ3n) is 21.7. The van der Waals surface area contributed by atoms with Crippen LogP contribution >= 0.6 is 0 Å². The Hall–Kier alpha value is -2.23. The fourth-order valence-electron chi connectivity index (χ4n) is 14.6. The number of esters is 2. The van der Waals surface area contributed by atoms with Crippen molar-refractivity contribution in [1.29, 1.82) is 0 Å². The summed E-state index contributed by atoms with van der Waals surface area (Å²) < 4.78 is 23.1. The van der Waals surface area contributed by atoms with E-state index >= 15 is 0 Å². The van der Waals surface area contributed by atoms with Crippen LogP contribution in [0.4, 0.5) is 0 Å². The van der Waals surface area contributed by atoms with Gasteiger partial charge in [0.15, 0.2) is 6.10 Å². The number of unbranched alkanes of at least 4 members (excludes halogenated alkanes) is 70. The molecule has 0 saturated heterocycles. The third kappa shape index (κ3) is 86.9. The van der Waals surface area contributed by atoms with Gasteiger partial charge in [0.2, 0.25) is 0 Å². The molecule has 0 aromatic heterocycles. The van der Waals surface area contributed by atoms with Crippen molar-refractivity contribution in [3.63, 3.8) is 0 Å². The minimum Gasteiger partial charge on any atom is -0.477 e. The van der Waals surface area contributed by atoms with Crippen molar-refractivity contribution in [2.75, 3.05) is 47.5 Å². The molecule has 0 aromatic rings. The second kappa shape index (κ2) is 85.4. The number of likely N-dealkylation sites (N-methyl/N-ethyl adjacent to an activating group) is 1. The number of nitrogens with zero attached hydrogens (tertiary/aromatic N) is 1. The molecule has 0 heterocycles. The van der Waals surface area contributed by atoms with E-state index in [1.807, 2.05) is 21.1 Å². The number of quaternary nitrogens is 1. The minimum absolute atomic E-state index is 0.173.